The number of aromatic amines is 1. The van der Waals surface area contributed by atoms with Gasteiger partial charge in [0.05, 0.1) is 10.6 Å². The van der Waals surface area contributed by atoms with Crippen molar-refractivity contribution in [3.05, 3.63) is 138 Å². The number of fused-ring (bicyclic) bond motifs is 2. The number of nitrogens with zero attached hydrogens (tertiary/aromatic N) is 3. The first-order valence-corrected chi connectivity index (χ1v) is 14.1. The first-order chi connectivity index (χ1) is 19.7. The molecule has 0 saturated carbocycles. The molecule has 5 nitrogen and oxygen atoms in total. The molecule has 0 bridgehead atoms. The van der Waals surface area contributed by atoms with E-state index in [1.165, 1.54) is 33.5 Å². The summed E-state index contributed by atoms with van der Waals surface area (Å²) in [6.45, 7) is 0.544. The average Bonchev–Trinajstić information content (AvgIpc) is 3.70. The second kappa shape index (κ2) is 10.4. The molecular weight excluding hydrogens is 512 g/mol. The van der Waals surface area contributed by atoms with Crippen LogP contribution in [0.3, 0.4) is 0 Å². The first kappa shape index (κ1) is 24.2. The summed E-state index contributed by atoms with van der Waals surface area (Å²) in [6, 6.07) is 36.9. The molecule has 6 aromatic rings. The van der Waals surface area contributed by atoms with Gasteiger partial charge in [-0.1, -0.05) is 66.7 Å². The van der Waals surface area contributed by atoms with Crippen molar-refractivity contribution in [3.8, 4) is 5.69 Å². The van der Waals surface area contributed by atoms with Crippen molar-refractivity contribution in [1.29, 1.82) is 0 Å². The van der Waals surface area contributed by atoms with Crippen molar-refractivity contribution < 1.29 is 4.79 Å². The number of amidine groups is 1. The molecule has 194 valence electrons. The monoisotopic (exact) mass is 538 g/mol. The van der Waals surface area contributed by atoms with E-state index in [2.05, 4.69) is 64.1 Å². The Hall–Kier alpha value is -4.81. The Bertz CT molecular complexity index is 1910. The lowest BCUT2D eigenvalue weighted by molar-refractivity contribution is -0.122. The summed E-state index contributed by atoms with van der Waals surface area (Å²) in [4.78, 5) is 24.5. The van der Waals surface area contributed by atoms with Gasteiger partial charge in [-0.2, -0.15) is 0 Å². The van der Waals surface area contributed by atoms with Crippen LogP contribution < -0.4 is 0 Å². The zero-order valence-corrected chi connectivity index (χ0v) is 22.5. The van der Waals surface area contributed by atoms with E-state index in [0.717, 1.165) is 29.0 Å². The summed E-state index contributed by atoms with van der Waals surface area (Å²) in [6.07, 6.45) is 6.78. The van der Waals surface area contributed by atoms with Crippen LogP contribution >= 0.6 is 11.8 Å². The smallest absolute Gasteiger partial charge is 0.266 e. The summed E-state index contributed by atoms with van der Waals surface area (Å²) < 4.78 is 2.12. The van der Waals surface area contributed by atoms with Gasteiger partial charge in [0.2, 0.25) is 0 Å². The first-order valence-electron chi connectivity index (χ1n) is 13.3. The normalized spacial score (nSPS) is 15.7. The Labute approximate surface area is 236 Å². The van der Waals surface area contributed by atoms with Gasteiger partial charge in [0.25, 0.3) is 5.91 Å². The van der Waals surface area contributed by atoms with Crippen LogP contribution in [0.1, 0.15) is 11.3 Å². The number of carbonyl (C=O) groups is 1. The number of nitrogens with one attached hydrogen (secondary N) is 1. The zero-order chi connectivity index (χ0) is 26.9. The minimum atomic E-state index is -0.0224. The van der Waals surface area contributed by atoms with Crippen molar-refractivity contribution in [2.75, 3.05) is 6.54 Å². The van der Waals surface area contributed by atoms with Crippen LogP contribution in [-0.2, 0) is 11.2 Å². The number of hydrogen-bond donors (Lipinski definition) is 1. The standard InChI is InChI=1S/C34H26N4OS/c39-33-32(22-28-13-8-19-37(28)29-17-16-24-9-4-5-10-25(24)21-29)40-34(36-27-11-2-1-3-12-27)38(33)20-18-26-23-35-31-15-7-6-14-30(26)31/h1-17,19,21-23,35H,18,20H2/b32-22-,36-34?. The number of hydrogen-bond acceptors (Lipinski definition) is 3. The summed E-state index contributed by atoms with van der Waals surface area (Å²) in [5.41, 5.74) is 5.13. The Kier molecular flexibility index (Phi) is 6.30. The third-order valence-electron chi connectivity index (χ3n) is 7.22. The summed E-state index contributed by atoms with van der Waals surface area (Å²) >= 11 is 1.43. The van der Waals surface area contributed by atoms with E-state index < -0.39 is 0 Å². The minimum Gasteiger partial charge on any atom is -0.361 e. The van der Waals surface area contributed by atoms with Gasteiger partial charge < -0.3 is 9.55 Å². The quantitative estimate of drug-likeness (QED) is 0.219. The summed E-state index contributed by atoms with van der Waals surface area (Å²) in [5.74, 6) is -0.0224. The lowest BCUT2D eigenvalue weighted by Gasteiger charge is -2.15. The molecule has 0 radical (unpaired) electrons. The van der Waals surface area contributed by atoms with Crippen LogP contribution in [0.2, 0.25) is 0 Å². The van der Waals surface area contributed by atoms with Gasteiger partial charge >= 0.3 is 0 Å². The lowest BCUT2D eigenvalue weighted by atomic mass is 10.1. The average molecular weight is 539 g/mol. The maximum absolute atomic E-state index is 13.8. The lowest BCUT2D eigenvalue weighted by Crippen LogP contribution is -2.31. The van der Waals surface area contributed by atoms with Crippen LogP contribution in [0, 0.1) is 0 Å². The van der Waals surface area contributed by atoms with E-state index >= 15 is 0 Å². The number of rotatable bonds is 6. The fraction of sp³-hybridized carbons (Fsp3) is 0.0588. The fourth-order valence-electron chi connectivity index (χ4n) is 5.18. The van der Waals surface area contributed by atoms with E-state index in [4.69, 9.17) is 4.99 Å². The number of carbonyl (C=O) groups excluding carboxylic acids is 1. The molecule has 7 rings (SSSR count). The van der Waals surface area contributed by atoms with Crippen LogP contribution in [0.15, 0.2) is 131 Å². The molecule has 1 fully saturated rings. The SMILES string of the molecule is O=C1/C(=C/c2cccn2-c2ccc3ccccc3c2)SC(=Nc2ccccc2)N1CCc1c[nH]c2ccccc12. The van der Waals surface area contributed by atoms with Crippen LogP contribution in [0.25, 0.3) is 33.4 Å². The van der Waals surface area contributed by atoms with Crippen LogP contribution in [-0.4, -0.2) is 32.1 Å². The second-order valence-electron chi connectivity index (χ2n) is 9.74. The maximum Gasteiger partial charge on any atom is 0.266 e. The largest absolute Gasteiger partial charge is 0.361 e. The predicted molar refractivity (Wildman–Crippen MR) is 166 cm³/mol. The Morgan fingerprint density at radius 3 is 2.52 bits per heavy atom. The van der Waals surface area contributed by atoms with Crippen molar-refractivity contribution in [1.82, 2.24) is 14.5 Å². The highest BCUT2D eigenvalue weighted by Gasteiger charge is 2.33. The Morgan fingerprint density at radius 1 is 0.825 bits per heavy atom. The molecule has 0 atom stereocenters. The third-order valence-corrected chi connectivity index (χ3v) is 8.23. The molecule has 1 aliphatic heterocycles. The molecule has 1 saturated heterocycles. The molecule has 1 aliphatic rings. The molecule has 4 aromatic carbocycles. The highest BCUT2D eigenvalue weighted by atomic mass is 32.2. The van der Waals surface area contributed by atoms with Gasteiger partial charge in [-0.15, -0.1) is 0 Å². The van der Waals surface area contributed by atoms with Gasteiger partial charge in [-0.05, 0) is 83.1 Å². The van der Waals surface area contributed by atoms with E-state index in [0.29, 0.717) is 16.6 Å². The van der Waals surface area contributed by atoms with E-state index in [9.17, 15) is 4.79 Å². The van der Waals surface area contributed by atoms with Crippen molar-refractivity contribution in [2.45, 2.75) is 6.42 Å². The van der Waals surface area contributed by atoms with E-state index in [1.54, 1.807) is 0 Å². The number of amides is 1. The minimum absolute atomic E-state index is 0.0224. The highest BCUT2D eigenvalue weighted by Crippen LogP contribution is 2.35. The number of aromatic nitrogens is 2. The predicted octanol–water partition coefficient (Wildman–Crippen LogP) is 7.96. The Morgan fingerprint density at radius 2 is 1.62 bits per heavy atom. The molecule has 40 heavy (non-hydrogen) atoms. The molecule has 3 heterocycles. The van der Waals surface area contributed by atoms with Crippen molar-refractivity contribution >= 4 is 56.3 Å². The number of H-pyrrole nitrogens is 1. The van der Waals surface area contributed by atoms with Crippen molar-refractivity contribution in [3.63, 3.8) is 0 Å². The van der Waals surface area contributed by atoms with Gasteiger partial charge in [-0.25, -0.2) is 4.99 Å². The zero-order valence-electron chi connectivity index (χ0n) is 21.7. The number of para-hydroxylation sites is 2. The maximum atomic E-state index is 13.8. The van der Waals surface area contributed by atoms with E-state index in [-0.39, 0.29) is 5.91 Å². The summed E-state index contributed by atoms with van der Waals surface area (Å²) in [7, 11) is 0. The topological polar surface area (TPSA) is 53.4 Å². The molecule has 0 aliphatic carbocycles. The van der Waals surface area contributed by atoms with E-state index in [1.807, 2.05) is 78.0 Å². The van der Waals surface area contributed by atoms with Gasteiger partial charge in [0.15, 0.2) is 5.17 Å². The van der Waals surface area contributed by atoms with Crippen LogP contribution in [0.5, 0.6) is 0 Å². The molecule has 2 aromatic heterocycles. The number of thioether (sulfide) groups is 1. The highest BCUT2D eigenvalue weighted by molar-refractivity contribution is 8.18. The third kappa shape index (κ3) is 4.63. The Balaban J connectivity index is 1.22. The number of benzene rings is 4. The number of aliphatic imine (C=N–C) groups is 1. The second-order valence-corrected chi connectivity index (χ2v) is 10.8. The molecule has 1 N–H and O–H groups in total. The summed E-state index contributed by atoms with van der Waals surface area (Å²) in [5, 5.41) is 4.27. The molecular formula is C34H26N4OS. The molecule has 6 heteroatoms. The molecule has 0 unspecified atom stereocenters. The molecule has 1 amide bonds. The van der Waals surface area contributed by atoms with Crippen LogP contribution in [0.4, 0.5) is 5.69 Å². The molecule has 0 spiro atoms. The van der Waals surface area contributed by atoms with Gasteiger partial charge in [0, 0.05) is 41.2 Å². The van der Waals surface area contributed by atoms with Gasteiger partial charge in [0.1, 0.15) is 0 Å². The van der Waals surface area contributed by atoms with Crippen molar-refractivity contribution in [2.24, 2.45) is 4.99 Å². The van der Waals surface area contributed by atoms with Gasteiger partial charge in [-0.3, -0.25) is 9.69 Å². The fourth-order valence-corrected chi connectivity index (χ4v) is 6.19.